The van der Waals surface area contributed by atoms with E-state index in [1.807, 2.05) is 0 Å². The van der Waals surface area contributed by atoms with Gasteiger partial charge in [0, 0.05) is 25.7 Å². The number of ether oxygens (including phenoxy) is 4. The van der Waals surface area contributed by atoms with E-state index >= 15 is 0 Å². The van der Waals surface area contributed by atoms with E-state index in [0.717, 1.165) is 114 Å². The van der Waals surface area contributed by atoms with Gasteiger partial charge in [-0.3, -0.25) is 37.3 Å². The summed E-state index contributed by atoms with van der Waals surface area (Å²) in [6.45, 7) is 14.4. The fourth-order valence-electron chi connectivity index (χ4n) is 12.9. The van der Waals surface area contributed by atoms with Crippen molar-refractivity contribution >= 4 is 39.5 Å². The topological polar surface area (TPSA) is 237 Å². The lowest BCUT2D eigenvalue weighted by atomic mass is 9.99. The van der Waals surface area contributed by atoms with Crippen LogP contribution in [0, 0.1) is 23.7 Å². The number of carbonyl (C=O) groups excluding carboxylic acids is 4. The van der Waals surface area contributed by atoms with Gasteiger partial charge in [-0.15, -0.1) is 0 Å². The minimum Gasteiger partial charge on any atom is -0.462 e. The first-order valence-corrected chi connectivity index (χ1v) is 46.3. The molecule has 0 aliphatic rings. The highest BCUT2D eigenvalue weighted by atomic mass is 31.2. The molecule has 0 aliphatic carbocycles. The molecule has 0 radical (unpaired) electrons. The molecule has 0 heterocycles. The maximum Gasteiger partial charge on any atom is 0.472 e. The summed E-state index contributed by atoms with van der Waals surface area (Å²) in [6.07, 6.45) is 60.9. The Bertz CT molecular complexity index is 2010. The summed E-state index contributed by atoms with van der Waals surface area (Å²) >= 11 is 0. The van der Waals surface area contributed by atoms with Crippen molar-refractivity contribution in [2.45, 2.75) is 453 Å². The highest BCUT2D eigenvalue weighted by Crippen LogP contribution is 2.45. The van der Waals surface area contributed by atoms with Crippen molar-refractivity contribution in [3.63, 3.8) is 0 Å². The Labute approximate surface area is 632 Å². The molecule has 0 fully saturated rings. The Hall–Kier alpha value is -1.94. The van der Waals surface area contributed by atoms with Crippen molar-refractivity contribution < 1.29 is 80.2 Å². The first kappa shape index (κ1) is 101. The highest BCUT2D eigenvalue weighted by Gasteiger charge is 2.30. The Kier molecular flexibility index (Phi) is 71.5. The summed E-state index contributed by atoms with van der Waals surface area (Å²) in [7, 11) is -9.93. The Balaban J connectivity index is 5.24. The SMILES string of the molecule is CCC(C)CCCCCCCCCCCCCCCCCCCCC(=O)O[C@H](COC(=O)CCCCCCCCCCCCCC(C)C)COP(=O)(O)OC[C@@H](O)COP(=O)(O)OC[C@@H](COC(=O)CCCCCCCCCCCCC(C)C)OC(=O)CCCCCCCCCCCCC(C)CC. The quantitative estimate of drug-likeness (QED) is 0.0222. The molecule has 103 heavy (non-hydrogen) atoms. The number of unbranched alkanes of at least 4 members (excludes halogenated alkanes) is 45. The van der Waals surface area contributed by atoms with Crippen LogP contribution in [0.15, 0.2) is 0 Å². The van der Waals surface area contributed by atoms with Gasteiger partial charge in [0.15, 0.2) is 12.2 Å². The van der Waals surface area contributed by atoms with Crippen molar-refractivity contribution in [2.24, 2.45) is 23.7 Å². The Morgan fingerprint density at radius 2 is 0.466 bits per heavy atom. The summed E-state index contributed by atoms with van der Waals surface area (Å²) in [5, 5.41) is 10.7. The molecule has 0 aliphatic heterocycles. The van der Waals surface area contributed by atoms with Gasteiger partial charge in [0.2, 0.25) is 0 Å². The number of rotatable bonds is 81. The van der Waals surface area contributed by atoms with E-state index in [4.69, 9.17) is 37.0 Å². The van der Waals surface area contributed by atoms with Crippen LogP contribution in [0.25, 0.3) is 0 Å². The molecule has 0 bridgehead atoms. The lowest BCUT2D eigenvalue weighted by Crippen LogP contribution is -2.30. The monoisotopic (exact) mass is 1510 g/mol. The molecule has 0 rings (SSSR count). The summed E-state index contributed by atoms with van der Waals surface area (Å²) in [4.78, 5) is 73.2. The van der Waals surface area contributed by atoms with Gasteiger partial charge < -0.3 is 33.8 Å². The van der Waals surface area contributed by atoms with Crippen LogP contribution in [0.4, 0.5) is 0 Å². The van der Waals surface area contributed by atoms with Crippen LogP contribution in [-0.2, 0) is 65.4 Å². The molecule has 7 atom stereocenters. The lowest BCUT2D eigenvalue weighted by molar-refractivity contribution is -0.161. The van der Waals surface area contributed by atoms with Crippen LogP contribution < -0.4 is 0 Å². The molecule has 17 nitrogen and oxygen atoms in total. The van der Waals surface area contributed by atoms with Crippen molar-refractivity contribution in [1.29, 1.82) is 0 Å². The number of carbonyl (C=O) groups is 4. The minimum atomic E-state index is -4.97. The van der Waals surface area contributed by atoms with Crippen LogP contribution in [-0.4, -0.2) is 96.7 Å². The van der Waals surface area contributed by atoms with Gasteiger partial charge in [-0.05, 0) is 49.4 Å². The molecule has 0 amide bonds. The molecule has 19 heteroatoms. The number of esters is 4. The van der Waals surface area contributed by atoms with Crippen molar-refractivity contribution in [1.82, 2.24) is 0 Å². The minimum absolute atomic E-state index is 0.106. The van der Waals surface area contributed by atoms with Gasteiger partial charge in [-0.1, -0.05) is 383 Å². The van der Waals surface area contributed by atoms with Gasteiger partial charge in [-0.25, -0.2) is 9.13 Å². The third-order valence-electron chi connectivity index (χ3n) is 20.3. The summed E-state index contributed by atoms with van der Waals surface area (Å²) in [5.41, 5.74) is 0. The molecule has 0 saturated heterocycles. The van der Waals surface area contributed by atoms with Crippen LogP contribution in [0.1, 0.15) is 434 Å². The molecule has 3 N–H and O–H groups in total. The fourth-order valence-corrected chi connectivity index (χ4v) is 14.5. The van der Waals surface area contributed by atoms with Crippen LogP contribution in [0.2, 0.25) is 0 Å². The number of hydrogen-bond donors (Lipinski definition) is 3. The molecular formula is C84H164O17P2. The van der Waals surface area contributed by atoms with Crippen molar-refractivity contribution in [3.05, 3.63) is 0 Å². The fraction of sp³-hybridized carbons (Fsp3) is 0.952. The second-order valence-electron chi connectivity index (χ2n) is 31.7. The Morgan fingerprint density at radius 1 is 0.272 bits per heavy atom. The van der Waals surface area contributed by atoms with Crippen molar-refractivity contribution in [2.75, 3.05) is 39.6 Å². The predicted molar refractivity (Wildman–Crippen MR) is 423 cm³/mol. The molecule has 0 saturated carbocycles. The maximum atomic E-state index is 13.1. The van der Waals surface area contributed by atoms with E-state index in [2.05, 4.69) is 55.4 Å². The second-order valence-corrected chi connectivity index (χ2v) is 34.6. The van der Waals surface area contributed by atoms with E-state index in [1.54, 1.807) is 0 Å². The van der Waals surface area contributed by atoms with Crippen LogP contribution in [0.3, 0.4) is 0 Å². The van der Waals surface area contributed by atoms with Gasteiger partial charge >= 0.3 is 39.5 Å². The number of phosphoric acid groups is 2. The van der Waals surface area contributed by atoms with E-state index in [9.17, 15) is 43.2 Å². The third-order valence-corrected chi connectivity index (χ3v) is 22.2. The van der Waals surface area contributed by atoms with Crippen LogP contribution in [0.5, 0.6) is 0 Å². The average molecular weight is 1510 g/mol. The van der Waals surface area contributed by atoms with E-state index in [-0.39, 0.29) is 25.7 Å². The molecule has 0 spiro atoms. The number of aliphatic hydroxyl groups is 1. The lowest BCUT2D eigenvalue weighted by Gasteiger charge is -2.21. The zero-order chi connectivity index (χ0) is 76.0. The van der Waals surface area contributed by atoms with Crippen molar-refractivity contribution in [3.8, 4) is 0 Å². The van der Waals surface area contributed by atoms with E-state index in [0.29, 0.717) is 25.7 Å². The maximum absolute atomic E-state index is 13.1. The standard InChI is InChI=1S/C84H164O17P2/c1-9-76(7)62-54-46-38-30-21-17-15-13-11-12-14-16-18-22-34-42-50-58-66-83(88)100-79(70-94-81(86)64-56-48-40-32-23-19-20-28-36-44-52-60-74(3)4)72-98-102(90,91)96-68-78(85)69-97-103(92,93)99-73-80(71-95-82(87)65-57-49-41-33-26-24-29-37-45-53-61-75(5)6)101-84(89)67-59-51-43-35-27-25-31-39-47-55-63-77(8)10-2/h74-80,85H,9-73H2,1-8H3,(H,90,91)(H,92,93)/t76?,77?,78-,79-,80-/m1/s1. The smallest absolute Gasteiger partial charge is 0.462 e. The normalized spacial score (nSPS) is 14.5. The Morgan fingerprint density at radius 3 is 0.689 bits per heavy atom. The zero-order valence-electron chi connectivity index (χ0n) is 68.0. The van der Waals surface area contributed by atoms with Gasteiger partial charge in [0.1, 0.15) is 19.3 Å². The first-order chi connectivity index (χ1) is 49.7. The molecule has 0 aromatic carbocycles. The summed E-state index contributed by atoms with van der Waals surface area (Å²) in [5.74, 6) is 1.09. The molecule has 0 aromatic heterocycles. The number of aliphatic hydroxyl groups excluding tert-OH is 1. The highest BCUT2D eigenvalue weighted by molar-refractivity contribution is 7.47. The number of phosphoric ester groups is 2. The second kappa shape index (κ2) is 72.9. The van der Waals surface area contributed by atoms with E-state index < -0.39 is 97.5 Å². The average Bonchev–Trinajstić information content (AvgIpc) is 1.04. The predicted octanol–water partition coefficient (Wildman–Crippen LogP) is 25.2. The molecule has 4 unspecified atom stereocenters. The third kappa shape index (κ3) is 75.3. The van der Waals surface area contributed by atoms with Crippen LogP contribution >= 0.6 is 15.6 Å². The molecular weight excluding hydrogens is 1340 g/mol. The summed E-state index contributed by atoms with van der Waals surface area (Å²) in [6, 6.07) is 0. The zero-order valence-corrected chi connectivity index (χ0v) is 69.7. The largest absolute Gasteiger partial charge is 0.472 e. The summed E-state index contributed by atoms with van der Waals surface area (Å²) < 4.78 is 68.8. The molecule has 0 aromatic rings. The van der Waals surface area contributed by atoms with Gasteiger partial charge in [0.25, 0.3) is 0 Å². The van der Waals surface area contributed by atoms with Gasteiger partial charge in [0.05, 0.1) is 26.4 Å². The van der Waals surface area contributed by atoms with Gasteiger partial charge in [-0.2, -0.15) is 0 Å². The number of hydrogen-bond acceptors (Lipinski definition) is 15. The molecule has 612 valence electrons. The first-order valence-electron chi connectivity index (χ1n) is 43.3. The van der Waals surface area contributed by atoms with E-state index in [1.165, 1.54) is 238 Å².